The maximum Gasteiger partial charge on any atom is 0.0102 e. The smallest absolute Gasteiger partial charge is 0.0102 e. The Kier molecular flexibility index (Phi) is 9.58. The second kappa shape index (κ2) is 9.61. The van der Waals surface area contributed by atoms with Gasteiger partial charge in [0, 0.05) is 5.54 Å². The monoisotopic (exact) mass is 382 g/mol. The van der Waals surface area contributed by atoms with Crippen LogP contribution in [0.1, 0.15) is 121 Å². The molecule has 0 heterocycles. The first-order chi connectivity index (χ1) is 11.9. The van der Waals surface area contributed by atoms with Gasteiger partial charge in [-0.1, -0.05) is 68.7 Å². The quantitative estimate of drug-likeness (QED) is 0.355. The zero-order chi connectivity index (χ0) is 21.7. The number of hydrogen-bond donors (Lipinski definition) is 2. The van der Waals surface area contributed by atoms with E-state index in [9.17, 15) is 0 Å². The van der Waals surface area contributed by atoms with Crippen molar-refractivity contribution < 1.29 is 0 Å². The zero-order valence-electron chi connectivity index (χ0n) is 20.9. The largest absolute Gasteiger partial charge is 0.330 e. The van der Waals surface area contributed by atoms with E-state index in [4.69, 9.17) is 11.5 Å². The van der Waals surface area contributed by atoms with Crippen LogP contribution >= 0.6 is 0 Å². The Hall–Kier alpha value is -0.0800. The van der Waals surface area contributed by atoms with Crippen LogP contribution in [0.2, 0.25) is 0 Å². The van der Waals surface area contributed by atoms with E-state index in [0.29, 0.717) is 10.8 Å². The second-order valence-electron chi connectivity index (χ2n) is 13.2. The van der Waals surface area contributed by atoms with Crippen molar-refractivity contribution >= 4 is 0 Å². The van der Waals surface area contributed by atoms with Crippen molar-refractivity contribution in [3.8, 4) is 0 Å². The van der Waals surface area contributed by atoms with Crippen LogP contribution in [0.5, 0.6) is 0 Å². The lowest BCUT2D eigenvalue weighted by atomic mass is 9.56. The predicted octanol–water partition coefficient (Wildman–Crippen LogP) is 7.15. The van der Waals surface area contributed by atoms with Crippen LogP contribution in [0, 0.1) is 27.6 Å². The van der Waals surface area contributed by atoms with Gasteiger partial charge in [0.25, 0.3) is 0 Å². The lowest BCUT2D eigenvalue weighted by molar-refractivity contribution is 0.0224. The van der Waals surface area contributed by atoms with Crippen molar-refractivity contribution in [1.82, 2.24) is 0 Å². The topological polar surface area (TPSA) is 52.0 Å². The molecule has 0 saturated heterocycles. The molecule has 0 aliphatic heterocycles. The molecule has 2 nitrogen and oxygen atoms in total. The van der Waals surface area contributed by atoms with E-state index in [1.807, 2.05) is 0 Å². The Labute approximate surface area is 172 Å². The first-order valence-electron chi connectivity index (χ1n) is 11.4. The molecule has 2 heteroatoms. The molecule has 1 atom stereocenters. The van der Waals surface area contributed by atoms with Crippen LogP contribution in [-0.2, 0) is 0 Å². The lowest BCUT2D eigenvalue weighted by Gasteiger charge is -2.49. The second-order valence-corrected chi connectivity index (χ2v) is 13.2. The van der Waals surface area contributed by atoms with Gasteiger partial charge in [0.1, 0.15) is 0 Å². The molecule has 4 N–H and O–H groups in total. The summed E-state index contributed by atoms with van der Waals surface area (Å²) in [6.07, 6.45) is 8.58. The average molecular weight is 383 g/mol. The van der Waals surface area contributed by atoms with Crippen LogP contribution in [0.15, 0.2) is 0 Å². The van der Waals surface area contributed by atoms with Gasteiger partial charge in [-0.05, 0) is 86.5 Å². The predicted molar refractivity (Wildman–Crippen MR) is 124 cm³/mol. The molecule has 0 aliphatic rings. The average Bonchev–Trinajstić information content (AvgIpc) is 2.31. The fourth-order valence-electron chi connectivity index (χ4n) is 6.57. The standard InChI is InChI=1S/C25H54N2/c1-12-13-25(18-23(8,9)19-26,16-21(4,5)14-20(2)3)17-22(6,7)15-24(10,11)27/h20H,12-19,26-27H2,1-11H3. The van der Waals surface area contributed by atoms with Crippen LogP contribution in [0.3, 0.4) is 0 Å². The van der Waals surface area contributed by atoms with E-state index in [0.717, 1.165) is 18.9 Å². The van der Waals surface area contributed by atoms with Crippen molar-refractivity contribution in [2.75, 3.05) is 6.54 Å². The van der Waals surface area contributed by atoms with Crippen LogP contribution in [0.25, 0.3) is 0 Å². The van der Waals surface area contributed by atoms with E-state index in [-0.39, 0.29) is 16.4 Å². The minimum Gasteiger partial charge on any atom is -0.330 e. The van der Waals surface area contributed by atoms with Crippen molar-refractivity contribution in [3.05, 3.63) is 0 Å². The summed E-state index contributed by atoms with van der Waals surface area (Å²) in [7, 11) is 0. The summed E-state index contributed by atoms with van der Waals surface area (Å²) in [5, 5.41) is 0. The Morgan fingerprint density at radius 1 is 0.704 bits per heavy atom. The molecule has 0 bridgehead atoms. The van der Waals surface area contributed by atoms with E-state index in [2.05, 4.69) is 76.2 Å². The fraction of sp³-hybridized carbons (Fsp3) is 1.00. The third-order valence-electron chi connectivity index (χ3n) is 5.79. The summed E-state index contributed by atoms with van der Waals surface area (Å²) in [5.74, 6) is 0.734. The van der Waals surface area contributed by atoms with E-state index in [1.165, 1.54) is 38.5 Å². The highest BCUT2D eigenvalue weighted by Gasteiger charge is 2.43. The minimum atomic E-state index is -0.127. The third kappa shape index (κ3) is 11.5. The van der Waals surface area contributed by atoms with Crippen LogP contribution in [0.4, 0.5) is 0 Å². The van der Waals surface area contributed by atoms with E-state index >= 15 is 0 Å². The van der Waals surface area contributed by atoms with Gasteiger partial charge in [0.05, 0.1) is 0 Å². The summed E-state index contributed by atoms with van der Waals surface area (Å²) in [6, 6.07) is 0. The summed E-state index contributed by atoms with van der Waals surface area (Å²) >= 11 is 0. The van der Waals surface area contributed by atoms with E-state index in [1.54, 1.807) is 0 Å². The highest BCUT2D eigenvalue weighted by atomic mass is 14.7. The summed E-state index contributed by atoms with van der Waals surface area (Å²) in [4.78, 5) is 0. The number of rotatable bonds is 13. The molecule has 0 spiro atoms. The summed E-state index contributed by atoms with van der Waals surface area (Å²) < 4.78 is 0. The molecule has 164 valence electrons. The van der Waals surface area contributed by atoms with E-state index < -0.39 is 0 Å². The molecule has 0 saturated carbocycles. The molecule has 0 aromatic heterocycles. The van der Waals surface area contributed by atoms with Gasteiger partial charge in [-0.2, -0.15) is 0 Å². The molecule has 0 radical (unpaired) electrons. The SMILES string of the molecule is CCCC(CC(C)(C)CN)(CC(C)(C)CC(C)C)CC(C)(C)CC(C)(C)N. The molecule has 0 fully saturated rings. The van der Waals surface area contributed by atoms with Gasteiger partial charge < -0.3 is 11.5 Å². The highest BCUT2D eigenvalue weighted by Crippen LogP contribution is 2.53. The molecule has 0 rings (SSSR count). The lowest BCUT2D eigenvalue weighted by Crippen LogP contribution is -2.43. The molecular formula is C25H54N2. The van der Waals surface area contributed by atoms with Crippen LogP contribution in [-0.4, -0.2) is 12.1 Å². The molecule has 0 aromatic carbocycles. The van der Waals surface area contributed by atoms with Crippen molar-refractivity contribution in [2.45, 2.75) is 127 Å². The molecule has 27 heavy (non-hydrogen) atoms. The van der Waals surface area contributed by atoms with Gasteiger partial charge in [-0.3, -0.25) is 0 Å². The third-order valence-corrected chi connectivity index (χ3v) is 5.79. The minimum absolute atomic E-state index is 0.127. The Bertz CT molecular complexity index is 426. The normalized spacial score (nSPS) is 16.7. The van der Waals surface area contributed by atoms with Crippen LogP contribution < -0.4 is 11.5 Å². The van der Waals surface area contributed by atoms with Gasteiger partial charge in [-0.15, -0.1) is 0 Å². The zero-order valence-corrected chi connectivity index (χ0v) is 20.9. The van der Waals surface area contributed by atoms with Crippen molar-refractivity contribution in [2.24, 2.45) is 39.0 Å². The van der Waals surface area contributed by atoms with Gasteiger partial charge in [0.15, 0.2) is 0 Å². The maximum absolute atomic E-state index is 6.44. The van der Waals surface area contributed by atoms with Gasteiger partial charge in [-0.25, -0.2) is 0 Å². The number of nitrogens with two attached hydrogens (primary N) is 2. The highest BCUT2D eigenvalue weighted by molar-refractivity contribution is 4.95. The summed E-state index contributed by atoms with van der Waals surface area (Å²) in [5.41, 5.74) is 13.6. The molecule has 0 amide bonds. The first kappa shape index (κ1) is 26.9. The van der Waals surface area contributed by atoms with Gasteiger partial charge >= 0.3 is 0 Å². The molecule has 0 aliphatic carbocycles. The molecule has 0 aromatic rings. The maximum atomic E-state index is 6.44. The van der Waals surface area contributed by atoms with Gasteiger partial charge in [0.2, 0.25) is 0 Å². The first-order valence-corrected chi connectivity index (χ1v) is 11.4. The summed E-state index contributed by atoms with van der Waals surface area (Å²) in [6.45, 7) is 26.7. The Morgan fingerprint density at radius 3 is 1.52 bits per heavy atom. The fourth-order valence-corrected chi connectivity index (χ4v) is 6.57. The van der Waals surface area contributed by atoms with Crippen molar-refractivity contribution in [1.29, 1.82) is 0 Å². The van der Waals surface area contributed by atoms with Crippen molar-refractivity contribution in [3.63, 3.8) is 0 Å². The number of hydrogen-bond acceptors (Lipinski definition) is 2. The Balaban J connectivity index is 5.93. The molecule has 1 unspecified atom stereocenters. The molecular weight excluding hydrogens is 328 g/mol. The Morgan fingerprint density at radius 2 is 1.15 bits per heavy atom.